The van der Waals surface area contributed by atoms with Gasteiger partial charge in [0.05, 0.1) is 0 Å². The number of nitrogens with one attached hydrogen (secondary N) is 2. The number of carbonyl (C=O) groups is 2. The van der Waals surface area contributed by atoms with Gasteiger partial charge in [0, 0.05) is 19.0 Å². The summed E-state index contributed by atoms with van der Waals surface area (Å²) in [5, 5.41) is 6.21. The van der Waals surface area contributed by atoms with E-state index >= 15 is 0 Å². The van der Waals surface area contributed by atoms with Crippen LogP contribution in [0.25, 0.3) is 0 Å². The quantitative estimate of drug-likeness (QED) is 0.745. The van der Waals surface area contributed by atoms with Gasteiger partial charge >= 0.3 is 0 Å². The van der Waals surface area contributed by atoms with E-state index in [0.717, 1.165) is 32.4 Å². The van der Waals surface area contributed by atoms with Crippen molar-refractivity contribution >= 4 is 11.8 Å². The van der Waals surface area contributed by atoms with Gasteiger partial charge in [0.1, 0.15) is 6.04 Å². The molecule has 19 heavy (non-hydrogen) atoms. The molecule has 5 heteroatoms. The summed E-state index contributed by atoms with van der Waals surface area (Å²) < 4.78 is 0. The van der Waals surface area contributed by atoms with E-state index < -0.39 is 0 Å². The van der Waals surface area contributed by atoms with Gasteiger partial charge < -0.3 is 15.5 Å². The third-order valence-corrected chi connectivity index (χ3v) is 5.09. The van der Waals surface area contributed by atoms with Crippen LogP contribution in [0.3, 0.4) is 0 Å². The minimum absolute atomic E-state index is 0.0158. The van der Waals surface area contributed by atoms with Crippen molar-refractivity contribution < 1.29 is 9.59 Å². The molecule has 0 aromatic carbocycles. The lowest BCUT2D eigenvalue weighted by Gasteiger charge is -2.35. The van der Waals surface area contributed by atoms with Crippen molar-refractivity contribution in [3.63, 3.8) is 0 Å². The molecule has 2 unspecified atom stereocenters. The van der Waals surface area contributed by atoms with Crippen molar-refractivity contribution in [3.05, 3.63) is 0 Å². The Morgan fingerprint density at radius 3 is 2.79 bits per heavy atom. The van der Waals surface area contributed by atoms with Crippen LogP contribution in [0.4, 0.5) is 0 Å². The number of piperazine rings is 1. The zero-order valence-electron chi connectivity index (χ0n) is 11.6. The Morgan fingerprint density at radius 2 is 2.11 bits per heavy atom. The number of hydrogen-bond acceptors (Lipinski definition) is 3. The molecule has 2 saturated heterocycles. The summed E-state index contributed by atoms with van der Waals surface area (Å²) in [7, 11) is 0. The highest BCUT2D eigenvalue weighted by Crippen LogP contribution is 2.59. The Hall–Kier alpha value is -1.10. The molecule has 3 fully saturated rings. The van der Waals surface area contributed by atoms with E-state index in [9.17, 15) is 9.59 Å². The molecule has 2 atom stereocenters. The third-order valence-electron chi connectivity index (χ3n) is 5.09. The second-order valence-corrected chi connectivity index (χ2v) is 6.12. The molecular weight excluding hydrogens is 242 g/mol. The van der Waals surface area contributed by atoms with Gasteiger partial charge in [0.25, 0.3) is 0 Å². The van der Waals surface area contributed by atoms with Crippen LogP contribution in [0.15, 0.2) is 0 Å². The van der Waals surface area contributed by atoms with Gasteiger partial charge in [0.2, 0.25) is 11.8 Å². The Kier molecular flexibility index (Phi) is 3.25. The van der Waals surface area contributed by atoms with Gasteiger partial charge in [-0.2, -0.15) is 0 Å². The molecule has 3 rings (SSSR count). The first kappa shape index (κ1) is 12.9. The van der Waals surface area contributed by atoms with Crippen LogP contribution in [0.1, 0.15) is 32.6 Å². The number of piperidine rings is 1. The van der Waals surface area contributed by atoms with Crippen molar-refractivity contribution in [3.8, 4) is 0 Å². The van der Waals surface area contributed by atoms with Gasteiger partial charge in [-0.15, -0.1) is 0 Å². The van der Waals surface area contributed by atoms with E-state index in [1.54, 1.807) is 0 Å². The fourth-order valence-electron chi connectivity index (χ4n) is 3.76. The highest BCUT2D eigenvalue weighted by molar-refractivity contribution is 5.91. The second-order valence-electron chi connectivity index (χ2n) is 6.12. The lowest BCUT2D eigenvalue weighted by molar-refractivity contribution is -0.145. The zero-order chi connectivity index (χ0) is 13.5. The molecule has 2 N–H and O–H groups in total. The van der Waals surface area contributed by atoms with Crippen LogP contribution in [0.2, 0.25) is 0 Å². The zero-order valence-corrected chi connectivity index (χ0v) is 11.6. The van der Waals surface area contributed by atoms with Crippen LogP contribution in [-0.4, -0.2) is 48.9 Å². The van der Waals surface area contributed by atoms with Crippen molar-refractivity contribution in [2.45, 2.75) is 38.6 Å². The first-order valence-corrected chi connectivity index (χ1v) is 7.47. The highest BCUT2D eigenvalue weighted by Gasteiger charge is 2.59. The maximum atomic E-state index is 12.7. The maximum Gasteiger partial charge on any atom is 0.242 e. The minimum Gasteiger partial charge on any atom is -0.353 e. The molecular formula is C14H23N3O2. The average Bonchev–Trinajstić information content (AvgIpc) is 3.12. The van der Waals surface area contributed by atoms with E-state index in [4.69, 9.17) is 0 Å². The summed E-state index contributed by atoms with van der Waals surface area (Å²) in [5.41, 5.74) is 0.258. The second kappa shape index (κ2) is 4.78. The molecule has 1 aliphatic carbocycles. The SMILES string of the molecule is CCC1C(=O)NCCN1C(=O)C1CC12CCNCC2. The third kappa shape index (κ3) is 2.14. The van der Waals surface area contributed by atoms with Crippen LogP contribution in [0, 0.1) is 11.3 Å². The number of amides is 2. The van der Waals surface area contributed by atoms with Crippen LogP contribution in [0.5, 0.6) is 0 Å². The average molecular weight is 265 g/mol. The predicted molar refractivity (Wildman–Crippen MR) is 71.4 cm³/mol. The maximum absolute atomic E-state index is 12.7. The topological polar surface area (TPSA) is 61.4 Å². The Balaban J connectivity index is 1.68. The lowest BCUT2D eigenvalue weighted by Crippen LogP contribution is -2.57. The standard InChI is InChI=1S/C14H23N3O2/c1-2-11-12(18)16-7-8-17(11)13(19)10-9-14(10)3-5-15-6-4-14/h10-11,15H,2-9H2,1H3,(H,16,18). The Morgan fingerprint density at radius 1 is 1.37 bits per heavy atom. The summed E-state index contributed by atoms with van der Waals surface area (Å²) >= 11 is 0. The number of hydrogen-bond donors (Lipinski definition) is 2. The molecule has 0 bridgehead atoms. The van der Waals surface area contributed by atoms with Crippen molar-refractivity contribution in [2.75, 3.05) is 26.2 Å². The molecule has 0 aromatic heterocycles. The number of rotatable bonds is 2. The molecule has 106 valence electrons. The lowest BCUT2D eigenvalue weighted by atomic mass is 9.91. The molecule has 1 spiro atoms. The van der Waals surface area contributed by atoms with Crippen LogP contribution >= 0.6 is 0 Å². The van der Waals surface area contributed by atoms with Gasteiger partial charge in [-0.05, 0) is 44.2 Å². The molecule has 2 heterocycles. The Labute approximate surface area is 114 Å². The molecule has 2 aliphatic heterocycles. The fraction of sp³-hybridized carbons (Fsp3) is 0.857. The van der Waals surface area contributed by atoms with E-state index in [1.807, 2.05) is 11.8 Å². The van der Waals surface area contributed by atoms with Crippen molar-refractivity contribution in [1.29, 1.82) is 0 Å². The normalized spacial score (nSPS) is 33.1. The summed E-state index contributed by atoms with van der Waals surface area (Å²) in [6.07, 6.45) is 3.96. The van der Waals surface area contributed by atoms with E-state index in [1.165, 1.54) is 0 Å². The van der Waals surface area contributed by atoms with E-state index in [0.29, 0.717) is 19.5 Å². The Bertz CT molecular complexity index is 390. The number of carbonyl (C=O) groups excluding carboxylic acids is 2. The largest absolute Gasteiger partial charge is 0.353 e. The molecule has 3 aliphatic rings. The smallest absolute Gasteiger partial charge is 0.242 e. The summed E-state index contributed by atoms with van der Waals surface area (Å²) in [6.45, 7) is 5.31. The molecule has 0 aromatic rings. The van der Waals surface area contributed by atoms with Crippen LogP contribution in [-0.2, 0) is 9.59 Å². The minimum atomic E-state index is -0.249. The molecule has 1 saturated carbocycles. The fourth-order valence-corrected chi connectivity index (χ4v) is 3.76. The van der Waals surface area contributed by atoms with Gasteiger partial charge in [-0.3, -0.25) is 9.59 Å². The molecule has 2 amide bonds. The van der Waals surface area contributed by atoms with Crippen molar-refractivity contribution in [1.82, 2.24) is 15.5 Å². The van der Waals surface area contributed by atoms with E-state index in [2.05, 4.69) is 10.6 Å². The molecule has 5 nitrogen and oxygen atoms in total. The summed E-state index contributed by atoms with van der Waals surface area (Å²) in [6, 6.07) is -0.249. The van der Waals surface area contributed by atoms with Gasteiger partial charge in [0.15, 0.2) is 0 Å². The van der Waals surface area contributed by atoms with E-state index in [-0.39, 0.29) is 29.2 Å². The predicted octanol–water partition coefficient (Wildman–Crippen LogP) is 0.113. The van der Waals surface area contributed by atoms with Crippen molar-refractivity contribution in [2.24, 2.45) is 11.3 Å². The van der Waals surface area contributed by atoms with Crippen LogP contribution < -0.4 is 10.6 Å². The number of nitrogens with zero attached hydrogens (tertiary/aromatic N) is 1. The summed E-state index contributed by atoms with van der Waals surface area (Å²) in [4.78, 5) is 26.3. The first-order chi connectivity index (χ1) is 9.18. The first-order valence-electron chi connectivity index (χ1n) is 7.47. The summed E-state index contributed by atoms with van der Waals surface area (Å²) in [5.74, 6) is 0.417. The van der Waals surface area contributed by atoms with Gasteiger partial charge in [-0.1, -0.05) is 6.92 Å². The highest BCUT2D eigenvalue weighted by atomic mass is 16.2. The molecule has 0 radical (unpaired) electrons. The van der Waals surface area contributed by atoms with Gasteiger partial charge in [-0.25, -0.2) is 0 Å². The monoisotopic (exact) mass is 265 g/mol.